The van der Waals surface area contributed by atoms with Gasteiger partial charge in [-0.25, -0.2) is 0 Å². The molecule has 3 nitrogen and oxygen atoms in total. The van der Waals surface area contributed by atoms with Gasteiger partial charge in [0.2, 0.25) is 0 Å². The Morgan fingerprint density at radius 1 is 1.35 bits per heavy atom. The first-order valence-electron chi connectivity index (χ1n) is 7.34. The minimum absolute atomic E-state index is 0.149. The van der Waals surface area contributed by atoms with E-state index in [9.17, 15) is 5.11 Å². The molecule has 0 spiro atoms. The van der Waals surface area contributed by atoms with E-state index in [1.165, 1.54) is 45.1 Å². The van der Waals surface area contributed by atoms with E-state index in [1.807, 2.05) is 0 Å². The van der Waals surface area contributed by atoms with Crippen LogP contribution in [-0.2, 0) is 0 Å². The first kappa shape index (κ1) is 13.3. The van der Waals surface area contributed by atoms with Crippen LogP contribution in [0, 0.1) is 0 Å². The third-order valence-corrected chi connectivity index (χ3v) is 4.70. The zero-order chi connectivity index (χ0) is 12.3. The van der Waals surface area contributed by atoms with Crippen LogP contribution in [0.5, 0.6) is 0 Å². The maximum Gasteiger partial charge on any atom is 0.0611 e. The molecule has 1 saturated heterocycles. The Kier molecular flexibility index (Phi) is 4.45. The van der Waals surface area contributed by atoms with E-state index in [-0.39, 0.29) is 12.1 Å². The molecule has 3 atom stereocenters. The van der Waals surface area contributed by atoms with Gasteiger partial charge in [-0.15, -0.1) is 0 Å². The Morgan fingerprint density at radius 2 is 2.18 bits per heavy atom. The Morgan fingerprint density at radius 3 is 2.82 bits per heavy atom. The van der Waals surface area contributed by atoms with Gasteiger partial charge in [0.15, 0.2) is 0 Å². The smallest absolute Gasteiger partial charge is 0.0611 e. The summed E-state index contributed by atoms with van der Waals surface area (Å²) in [5.41, 5.74) is 5.91. The van der Waals surface area contributed by atoms with Crippen molar-refractivity contribution in [2.45, 2.75) is 75.9 Å². The number of rotatable bonds is 4. The van der Waals surface area contributed by atoms with Crippen LogP contribution >= 0.6 is 0 Å². The zero-order valence-corrected chi connectivity index (χ0v) is 11.2. The maximum absolute atomic E-state index is 9.37. The van der Waals surface area contributed by atoms with Crippen molar-refractivity contribution in [3.63, 3.8) is 0 Å². The van der Waals surface area contributed by atoms with Crippen molar-refractivity contribution in [3.8, 4) is 0 Å². The molecule has 17 heavy (non-hydrogen) atoms. The largest absolute Gasteiger partial charge is 0.394 e. The SMILES string of the molecule is CCCC1CCCCN1C1CCC(N)(CO)C1. The number of aliphatic hydroxyl groups is 1. The normalized spacial score (nSPS) is 39.7. The summed E-state index contributed by atoms with van der Waals surface area (Å²) in [5, 5.41) is 9.37. The minimum atomic E-state index is -0.293. The van der Waals surface area contributed by atoms with Gasteiger partial charge in [0, 0.05) is 17.6 Å². The van der Waals surface area contributed by atoms with Crippen molar-refractivity contribution in [2.24, 2.45) is 5.73 Å². The summed E-state index contributed by atoms with van der Waals surface area (Å²) in [6.45, 7) is 3.68. The number of nitrogens with two attached hydrogens (primary N) is 1. The summed E-state index contributed by atoms with van der Waals surface area (Å²) in [6.07, 6.45) is 9.86. The van der Waals surface area contributed by atoms with E-state index in [4.69, 9.17) is 5.73 Å². The molecule has 3 heteroatoms. The number of hydrogen-bond acceptors (Lipinski definition) is 3. The van der Waals surface area contributed by atoms with Crippen LogP contribution in [0.25, 0.3) is 0 Å². The third-order valence-electron chi connectivity index (χ3n) is 4.70. The number of piperidine rings is 1. The highest BCUT2D eigenvalue weighted by Gasteiger charge is 2.40. The van der Waals surface area contributed by atoms with Gasteiger partial charge in [-0.05, 0) is 45.1 Å². The van der Waals surface area contributed by atoms with Gasteiger partial charge in [-0.3, -0.25) is 4.90 Å². The molecule has 1 saturated carbocycles. The summed E-state index contributed by atoms with van der Waals surface area (Å²) >= 11 is 0. The second kappa shape index (κ2) is 5.68. The minimum Gasteiger partial charge on any atom is -0.394 e. The average molecular weight is 240 g/mol. The second-order valence-electron chi connectivity index (χ2n) is 6.09. The Hall–Kier alpha value is -0.120. The number of aliphatic hydroxyl groups excluding tert-OH is 1. The van der Waals surface area contributed by atoms with Gasteiger partial charge in [0.25, 0.3) is 0 Å². The van der Waals surface area contributed by atoms with Crippen LogP contribution in [0.3, 0.4) is 0 Å². The fourth-order valence-corrected chi connectivity index (χ4v) is 3.70. The van der Waals surface area contributed by atoms with E-state index in [0.29, 0.717) is 6.04 Å². The fourth-order valence-electron chi connectivity index (χ4n) is 3.70. The number of likely N-dealkylation sites (tertiary alicyclic amines) is 1. The molecule has 0 bridgehead atoms. The lowest BCUT2D eigenvalue weighted by atomic mass is 9.94. The summed E-state index contributed by atoms with van der Waals surface area (Å²) in [5.74, 6) is 0. The van der Waals surface area contributed by atoms with Crippen molar-refractivity contribution in [2.75, 3.05) is 13.2 Å². The topological polar surface area (TPSA) is 49.5 Å². The van der Waals surface area contributed by atoms with Gasteiger partial charge in [0.1, 0.15) is 0 Å². The molecule has 2 rings (SSSR count). The highest BCUT2D eigenvalue weighted by Crippen LogP contribution is 2.35. The second-order valence-corrected chi connectivity index (χ2v) is 6.09. The van der Waals surface area contributed by atoms with Crippen LogP contribution in [0.1, 0.15) is 58.3 Å². The predicted octanol–water partition coefficient (Wildman–Crippen LogP) is 1.88. The molecular weight excluding hydrogens is 212 g/mol. The molecule has 0 radical (unpaired) electrons. The molecular formula is C14H28N2O. The van der Waals surface area contributed by atoms with Crippen molar-refractivity contribution >= 4 is 0 Å². The lowest BCUT2D eigenvalue weighted by Crippen LogP contribution is -2.48. The maximum atomic E-state index is 9.37. The average Bonchev–Trinajstić information content (AvgIpc) is 2.74. The van der Waals surface area contributed by atoms with E-state index >= 15 is 0 Å². The Labute approximate surface area is 105 Å². The standard InChI is InChI=1S/C14H28N2O/c1-2-5-12-6-3-4-9-16(12)13-7-8-14(15,10-13)11-17/h12-13,17H,2-11,15H2,1H3. The molecule has 0 aromatic heterocycles. The third kappa shape index (κ3) is 3.01. The molecule has 0 aromatic carbocycles. The van der Waals surface area contributed by atoms with Gasteiger partial charge in [0.05, 0.1) is 6.61 Å². The van der Waals surface area contributed by atoms with E-state index in [2.05, 4.69) is 11.8 Å². The first-order chi connectivity index (χ1) is 8.18. The van der Waals surface area contributed by atoms with E-state index < -0.39 is 0 Å². The van der Waals surface area contributed by atoms with Gasteiger partial charge < -0.3 is 10.8 Å². The molecule has 1 heterocycles. The van der Waals surface area contributed by atoms with Crippen LogP contribution in [-0.4, -0.2) is 40.8 Å². The summed E-state index contributed by atoms with van der Waals surface area (Å²) < 4.78 is 0. The summed E-state index contributed by atoms with van der Waals surface area (Å²) in [6, 6.07) is 1.41. The summed E-state index contributed by atoms with van der Waals surface area (Å²) in [4.78, 5) is 2.71. The molecule has 0 amide bonds. The molecule has 3 unspecified atom stereocenters. The van der Waals surface area contributed by atoms with Crippen LogP contribution in [0.15, 0.2) is 0 Å². The van der Waals surface area contributed by atoms with Crippen LogP contribution < -0.4 is 5.73 Å². The lowest BCUT2D eigenvalue weighted by molar-refractivity contribution is 0.0836. The quantitative estimate of drug-likeness (QED) is 0.789. The molecule has 2 fully saturated rings. The predicted molar refractivity (Wildman–Crippen MR) is 70.9 cm³/mol. The zero-order valence-electron chi connectivity index (χ0n) is 11.2. The Balaban J connectivity index is 1.96. The molecule has 2 aliphatic rings. The monoisotopic (exact) mass is 240 g/mol. The molecule has 100 valence electrons. The highest BCUT2D eigenvalue weighted by atomic mass is 16.3. The molecule has 1 aliphatic heterocycles. The molecule has 0 aromatic rings. The number of nitrogens with zero attached hydrogens (tertiary/aromatic N) is 1. The van der Waals surface area contributed by atoms with E-state index in [0.717, 1.165) is 18.9 Å². The van der Waals surface area contributed by atoms with Crippen molar-refractivity contribution in [3.05, 3.63) is 0 Å². The van der Waals surface area contributed by atoms with Crippen LogP contribution in [0.2, 0.25) is 0 Å². The Bertz CT molecular complexity index is 244. The van der Waals surface area contributed by atoms with Crippen molar-refractivity contribution in [1.29, 1.82) is 0 Å². The van der Waals surface area contributed by atoms with Crippen molar-refractivity contribution < 1.29 is 5.11 Å². The summed E-state index contributed by atoms with van der Waals surface area (Å²) in [7, 11) is 0. The number of hydrogen-bond donors (Lipinski definition) is 2. The van der Waals surface area contributed by atoms with Crippen molar-refractivity contribution in [1.82, 2.24) is 4.90 Å². The van der Waals surface area contributed by atoms with Gasteiger partial charge in [-0.2, -0.15) is 0 Å². The first-order valence-corrected chi connectivity index (χ1v) is 7.34. The van der Waals surface area contributed by atoms with Gasteiger partial charge in [-0.1, -0.05) is 19.8 Å². The fraction of sp³-hybridized carbons (Fsp3) is 1.00. The molecule has 1 aliphatic carbocycles. The van der Waals surface area contributed by atoms with Gasteiger partial charge >= 0.3 is 0 Å². The molecule has 3 N–H and O–H groups in total. The van der Waals surface area contributed by atoms with E-state index in [1.54, 1.807) is 0 Å². The highest BCUT2D eigenvalue weighted by molar-refractivity contribution is 4.98. The van der Waals surface area contributed by atoms with Crippen LogP contribution in [0.4, 0.5) is 0 Å². The lowest BCUT2D eigenvalue weighted by Gasteiger charge is -2.40.